The molecule has 7 heteroatoms. The van der Waals surface area contributed by atoms with Gasteiger partial charge in [-0.1, -0.05) is 32.4 Å². The fourth-order valence-electron chi connectivity index (χ4n) is 4.70. The van der Waals surface area contributed by atoms with Gasteiger partial charge in [-0.3, -0.25) is 4.31 Å². The average Bonchev–Trinajstić information content (AvgIpc) is 2.86. The molecule has 0 aliphatic carbocycles. The zero-order valence-electron chi connectivity index (χ0n) is 19.6. The molecule has 2 aromatic rings. The Balaban J connectivity index is 1.61. The van der Waals surface area contributed by atoms with Gasteiger partial charge in [-0.15, -0.1) is 0 Å². The topological polar surface area (TPSA) is 76.1 Å². The molecule has 0 spiro atoms. The van der Waals surface area contributed by atoms with Crippen LogP contribution in [0.3, 0.4) is 0 Å². The smallest absolute Gasteiger partial charge is 0.264 e. The molecule has 2 aliphatic heterocycles. The third kappa shape index (κ3) is 5.20. The van der Waals surface area contributed by atoms with Crippen LogP contribution >= 0.6 is 0 Å². The van der Waals surface area contributed by atoms with Gasteiger partial charge in [0.1, 0.15) is 5.75 Å². The van der Waals surface area contributed by atoms with Crippen LogP contribution in [0.1, 0.15) is 49.8 Å². The van der Waals surface area contributed by atoms with Gasteiger partial charge in [0.15, 0.2) is 0 Å². The van der Waals surface area contributed by atoms with E-state index in [9.17, 15) is 13.5 Å². The van der Waals surface area contributed by atoms with Crippen LogP contribution in [0.5, 0.6) is 5.75 Å². The van der Waals surface area contributed by atoms with Gasteiger partial charge < -0.3 is 14.6 Å². The lowest BCUT2D eigenvalue weighted by molar-refractivity contribution is 0.0494. The third-order valence-corrected chi connectivity index (χ3v) is 8.71. The summed E-state index contributed by atoms with van der Waals surface area (Å²) in [4.78, 5) is 0.187. The molecule has 0 saturated carbocycles. The second-order valence-corrected chi connectivity index (χ2v) is 11.0. The predicted molar refractivity (Wildman–Crippen MR) is 129 cm³/mol. The van der Waals surface area contributed by atoms with E-state index in [0.29, 0.717) is 30.4 Å². The summed E-state index contributed by atoms with van der Waals surface area (Å²) in [5.74, 6) is 1.23. The summed E-state index contributed by atoms with van der Waals surface area (Å²) in [6.45, 7) is 6.44. The van der Waals surface area contributed by atoms with Crippen molar-refractivity contribution in [1.82, 2.24) is 0 Å². The summed E-state index contributed by atoms with van der Waals surface area (Å²) in [6, 6.07) is 10.9. The second kappa shape index (κ2) is 10.5. The van der Waals surface area contributed by atoms with Crippen LogP contribution in [-0.2, 0) is 34.2 Å². The van der Waals surface area contributed by atoms with Crippen molar-refractivity contribution in [3.05, 3.63) is 53.1 Å². The van der Waals surface area contributed by atoms with E-state index in [2.05, 4.69) is 19.9 Å². The molecular weight excluding hydrogens is 438 g/mol. The monoisotopic (exact) mass is 473 g/mol. The summed E-state index contributed by atoms with van der Waals surface area (Å²) in [5.41, 5.74) is 3.57. The molecule has 1 unspecified atom stereocenters. The largest absolute Gasteiger partial charge is 0.493 e. The van der Waals surface area contributed by atoms with E-state index in [1.165, 1.54) is 5.56 Å². The maximum absolute atomic E-state index is 13.7. The second-order valence-electron chi connectivity index (χ2n) is 9.13. The van der Waals surface area contributed by atoms with Crippen LogP contribution in [-0.4, -0.2) is 39.9 Å². The highest BCUT2D eigenvalue weighted by atomic mass is 32.2. The number of hydrogen-bond acceptors (Lipinski definition) is 5. The van der Waals surface area contributed by atoms with E-state index in [0.717, 1.165) is 56.6 Å². The Bertz CT molecular complexity index is 1060. The Morgan fingerprint density at radius 1 is 1.09 bits per heavy atom. The molecule has 0 radical (unpaired) electrons. The van der Waals surface area contributed by atoms with E-state index in [1.54, 1.807) is 22.5 Å². The van der Waals surface area contributed by atoms with Crippen molar-refractivity contribution in [2.75, 3.05) is 30.7 Å². The van der Waals surface area contributed by atoms with Crippen molar-refractivity contribution in [3.8, 4) is 5.75 Å². The maximum atomic E-state index is 13.7. The zero-order chi connectivity index (χ0) is 23.4. The summed E-state index contributed by atoms with van der Waals surface area (Å²) in [5, 5.41) is 9.94. The van der Waals surface area contributed by atoms with Crippen LogP contribution in [0.4, 0.5) is 5.69 Å². The molecule has 2 heterocycles. The van der Waals surface area contributed by atoms with Crippen LogP contribution < -0.4 is 9.04 Å². The highest BCUT2D eigenvalue weighted by Crippen LogP contribution is 2.36. The number of aliphatic hydroxyl groups is 1. The first kappa shape index (κ1) is 24.0. The fraction of sp³-hybridized carbons (Fsp3) is 0.538. The molecule has 0 bridgehead atoms. The normalized spacial score (nSPS) is 19.4. The van der Waals surface area contributed by atoms with Gasteiger partial charge in [-0.05, 0) is 72.9 Å². The number of hydrogen-bond donors (Lipinski definition) is 1. The molecule has 180 valence electrons. The van der Waals surface area contributed by atoms with Gasteiger partial charge in [-0.2, -0.15) is 0 Å². The minimum absolute atomic E-state index is 0.187. The molecular formula is C26H35NO5S. The van der Waals surface area contributed by atoms with Crippen molar-refractivity contribution in [2.45, 2.75) is 57.5 Å². The highest BCUT2D eigenvalue weighted by Gasteiger charge is 2.33. The SMILES string of the molecule is CCc1ccc2c(c1)CC(CC)CN2S(=O)(=O)c1ccc(OCC2CCOCC2)c(CO)c1. The van der Waals surface area contributed by atoms with Crippen molar-refractivity contribution in [2.24, 2.45) is 11.8 Å². The molecule has 2 aromatic carbocycles. The van der Waals surface area contributed by atoms with Gasteiger partial charge in [0.2, 0.25) is 0 Å². The summed E-state index contributed by atoms with van der Waals surface area (Å²) in [7, 11) is -3.77. The molecule has 1 atom stereocenters. The molecule has 0 aromatic heterocycles. The minimum Gasteiger partial charge on any atom is -0.493 e. The number of ether oxygens (including phenoxy) is 2. The van der Waals surface area contributed by atoms with Crippen LogP contribution in [0.25, 0.3) is 0 Å². The summed E-state index contributed by atoms with van der Waals surface area (Å²) in [6.07, 6.45) is 4.64. The number of benzene rings is 2. The first-order valence-electron chi connectivity index (χ1n) is 12.0. The lowest BCUT2D eigenvalue weighted by atomic mass is 9.91. The van der Waals surface area contributed by atoms with Crippen molar-refractivity contribution in [3.63, 3.8) is 0 Å². The van der Waals surface area contributed by atoms with Crippen molar-refractivity contribution < 1.29 is 23.0 Å². The van der Waals surface area contributed by atoms with Gasteiger partial charge in [0.05, 0.1) is 23.8 Å². The Hall–Kier alpha value is -2.09. The molecule has 1 fully saturated rings. The van der Waals surface area contributed by atoms with Crippen LogP contribution in [0.15, 0.2) is 41.3 Å². The Labute approximate surface area is 197 Å². The van der Waals surface area contributed by atoms with Crippen LogP contribution in [0, 0.1) is 11.8 Å². The number of anilines is 1. The Morgan fingerprint density at radius 2 is 1.88 bits per heavy atom. The van der Waals surface area contributed by atoms with Gasteiger partial charge >= 0.3 is 0 Å². The average molecular weight is 474 g/mol. The van der Waals surface area contributed by atoms with E-state index in [-0.39, 0.29) is 17.4 Å². The molecule has 1 N–H and O–H groups in total. The number of fused-ring (bicyclic) bond motifs is 1. The minimum atomic E-state index is -3.77. The first-order valence-corrected chi connectivity index (χ1v) is 13.5. The Kier molecular flexibility index (Phi) is 7.62. The standard InChI is InChI=1S/C26H35NO5S/c1-3-19-5-7-25-22(13-19)14-20(4-2)16-27(25)33(29,30)24-6-8-26(23(15-24)17-28)32-18-21-9-11-31-12-10-21/h5-8,13,15,20-21,28H,3-4,9-12,14,16-18H2,1-2H3. The van der Waals surface area contributed by atoms with Gasteiger partial charge in [0, 0.05) is 25.3 Å². The van der Waals surface area contributed by atoms with E-state index in [4.69, 9.17) is 9.47 Å². The number of aryl methyl sites for hydroxylation is 1. The number of sulfonamides is 1. The van der Waals surface area contributed by atoms with Gasteiger partial charge in [0.25, 0.3) is 10.0 Å². The molecule has 33 heavy (non-hydrogen) atoms. The molecule has 0 amide bonds. The summed E-state index contributed by atoms with van der Waals surface area (Å²) >= 11 is 0. The molecule has 2 aliphatic rings. The van der Waals surface area contributed by atoms with E-state index < -0.39 is 10.0 Å². The molecule has 1 saturated heterocycles. The first-order chi connectivity index (χ1) is 16.0. The van der Waals surface area contributed by atoms with Crippen molar-refractivity contribution >= 4 is 15.7 Å². The zero-order valence-corrected chi connectivity index (χ0v) is 20.4. The quantitative estimate of drug-likeness (QED) is 0.618. The lowest BCUT2D eigenvalue weighted by Gasteiger charge is -2.35. The van der Waals surface area contributed by atoms with Gasteiger partial charge in [-0.25, -0.2) is 8.42 Å². The Morgan fingerprint density at radius 3 is 2.58 bits per heavy atom. The number of aliphatic hydroxyl groups excluding tert-OH is 1. The fourth-order valence-corrected chi connectivity index (χ4v) is 6.33. The number of nitrogens with zero attached hydrogens (tertiary/aromatic N) is 1. The third-order valence-electron chi connectivity index (χ3n) is 6.94. The summed E-state index contributed by atoms with van der Waals surface area (Å²) < 4.78 is 40.4. The van der Waals surface area contributed by atoms with E-state index in [1.807, 2.05) is 12.1 Å². The maximum Gasteiger partial charge on any atom is 0.264 e. The van der Waals surface area contributed by atoms with E-state index >= 15 is 0 Å². The molecule has 4 rings (SSSR count). The predicted octanol–water partition coefficient (Wildman–Crippen LogP) is 4.32. The number of rotatable bonds is 8. The molecule has 6 nitrogen and oxygen atoms in total. The van der Waals surface area contributed by atoms with Crippen molar-refractivity contribution in [1.29, 1.82) is 0 Å². The lowest BCUT2D eigenvalue weighted by Crippen LogP contribution is -2.40. The van der Waals surface area contributed by atoms with Crippen LogP contribution in [0.2, 0.25) is 0 Å². The highest BCUT2D eigenvalue weighted by molar-refractivity contribution is 7.92.